The van der Waals surface area contributed by atoms with Crippen LogP contribution >= 0.6 is 0 Å². The van der Waals surface area contributed by atoms with Crippen LogP contribution in [-0.2, 0) is 4.79 Å². The molecule has 1 rings (SSSR count). The molecule has 17 heavy (non-hydrogen) atoms. The zero-order valence-electron chi connectivity index (χ0n) is 11.0. The van der Waals surface area contributed by atoms with Crippen LogP contribution in [0.3, 0.4) is 0 Å². The molecule has 1 amide bonds. The Morgan fingerprint density at radius 1 is 1.53 bits per heavy atom. The van der Waals surface area contributed by atoms with E-state index in [1.54, 1.807) is 6.20 Å². The molecule has 0 bridgehead atoms. The first-order valence-corrected chi connectivity index (χ1v) is 6.21. The predicted molar refractivity (Wildman–Crippen MR) is 68.4 cm³/mol. The summed E-state index contributed by atoms with van der Waals surface area (Å²) < 4.78 is 0. The first kappa shape index (κ1) is 13.8. The minimum Gasteiger partial charge on any atom is -0.403 e. The number of rotatable bonds is 4. The molecule has 5 heteroatoms. The van der Waals surface area contributed by atoms with Crippen molar-refractivity contribution in [2.75, 3.05) is 6.54 Å². The molecule has 98 valence electrons. The molecule has 1 aliphatic rings. The van der Waals surface area contributed by atoms with Gasteiger partial charge in [-0.15, -0.1) is 0 Å². The highest BCUT2D eigenvalue weighted by Gasteiger charge is 2.34. The van der Waals surface area contributed by atoms with Gasteiger partial charge in [0.15, 0.2) is 0 Å². The quantitative estimate of drug-likeness (QED) is 0.558. The van der Waals surface area contributed by atoms with Crippen molar-refractivity contribution < 1.29 is 4.79 Å². The van der Waals surface area contributed by atoms with E-state index in [0.29, 0.717) is 6.04 Å². The fourth-order valence-electron chi connectivity index (χ4n) is 2.38. The van der Waals surface area contributed by atoms with Crippen LogP contribution in [0.1, 0.15) is 33.6 Å². The Balaban J connectivity index is 2.80. The molecule has 2 atom stereocenters. The molecule has 0 radical (unpaired) electrons. The molecule has 1 aliphatic heterocycles. The largest absolute Gasteiger partial charge is 0.403 e. The van der Waals surface area contributed by atoms with Crippen molar-refractivity contribution in [2.24, 2.45) is 17.5 Å². The fraction of sp³-hybridized carbons (Fsp3) is 0.750. The van der Waals surface area contributed by atoms with E-state index in [9.17, 15) is 4.79 Å². The normalized spacial score (nSPS) is 22.4. The number of carbonyl (C=O) groups is 1. The van der Waals surface area contributed by atoms with Crippen LogP contribution < -0.4 is 11.6 Å². The van der Waals surface area contributed by atoms with Crippen LogP contribution in [0.15, 0.2) is 12.4 Å². The Hall–Kier alpha value is -1.23. The summed E-state index contributed by atoms with van der Waals surface area (Å²) in [6.45, 7) is 6.91. The molecule has 0 aliphatic carbocycles. The zero-order valence-corrected chi connectivity index (χ0v) is 11.0. The second-order valence-corrected chi connectivity index (χ2v) is 5.00. The average Bonchev–Trinajstić information content (AvgIpc) is 2.64. The van der Waals surface area contributed by atoms with Crippen LogP contribution in [0.25, 0.3) is 0 Å². The summed E-state index contributed by atoms with van der Waals surface area (Å²) in [4.78, 5) is 14.4. The van der Waals surface area contributed by atoms with Gasteiger partial charge in [-0.25, -0.2) is 5.84 Å². The molecule has 1 saturated heterocycles. The number of nitrogens with zero attached hydrogens (tertiary/aromatic N) is 2. The molecular weight excluding hydrogens is 216 g/mol. The Kier molecular flexibility index (Phi) is 4.81. The molecule has 0 saturated carbocycles. The van der Waals surface area contributed by atoms with E-state index in [1.165, 1.54) is 11.2 Å². The van der Waals surface area contributed by atoms with Gasteiger partial charge in [0.1, 0.15) is 6.04 Å². The third-order valence-electron chi connectivity index (χ3n) is 3.30. The number of hydrogen-bond donors (Lipinski definition) is 2. The predicted octanol–water partition coefficient (Wildman–Crippen LogP) is 0.628. The van der Waals surface area contributed by atoms with Crippen molar-refractivity contribution >= 4 is 5.91 Å². The van der Waals surface area contributed by atoms with Gasteiger partial charge in [0.25, 0.3) is 0 Å². The van der Waals surface area contributed by atoms with Crippen molar-refractivity contribution in [3.63, 3.8) is 0 Å². The van der Waals surface area contributed by atoms with E-state index >= 15 is 0 Å². The second-order valence-electron chi connectivity index (χ2n) is 5.00. The summed E-state index contributed by atoms with van der Waals surface area (Å²) in [7, 11) is 0. The lowest BCUT2D eigenvalue weighted by Gasteiger charge is -2.33. The Labute approximate surface area is 103 Å². The van der Waals surface area contributed by atoms with E-state index in [-0.39, 0.29) is 17.9 Å². The summed E-state index contributed by atoms with van der Waals surface area (Å²) >= 11 is 0. The Morgan fingerprint density at radius 3 is 2.59 bits per heavy atom. The fourth-order valence-corrected chi connectivity index (χ4v) is 2.38. The molecule has 0 aromatic rings. The third-order valence-corrected chi connectivity index (χ3v) is 3.30. The summed E-state index contributed by atoms with van der Waals surface area (Å²) in [5.74, 6) is 6.11. The lowest BCUT2D eigenvalue weighted by Crippen LogP contribution is -2.52. The Bertz CT molecular complexity index is 290. The lowest BCUT2D eigenvalue weighted by molar-refractivity contribution is -0.138. The molecular formula is C12H24N4O. The van der Waals surface area contributed by atoms with Crippen LogP contribution in [-0.4, -0.2) is 34.4 Å². The van der Waals surface area contributed by atoms with Gasteiger partial charge in [0.05, 0.1) is 0 Å². The second kappa shape index (κ2) is 5.91. The van der Waals surface area contributed by atoms with Gasteiger partial charge in [0.2, 0.25) is 5.91 Å². The van der Waals surface area contributed by atoms with Crippen LogP contribution in [0.4, 0.5) is 0 Å². The first-order valence-electron chi connectivity index (χ1n) is 6.21. The van der Waals surface area contributed by atoms with Crippen LogP contribution in [0.2, 0.25) is 0 Å². The van der Waals surface area contributed by atoms with Crippen LogP contribution in [0.5, 0.6) is 0 Å². The summed E-state index contributed by atoms with van der Waals surface area (Å²) in [6.07, 6.45) is 5.06. The maximum Gasteiger partial charge on any atom is 0.247 e. The minimum atomic E-state index is -0.338. The molecule has 1 fully saturated rings. The monoisotopic (exact) mass is 240 g/mol. The van der Waals surface area contributed by atoms with Gasteiger partial charge >= 0.3 is 0 Å². The standard InChI is InChI=1S/C12H24N4O/c1-9(2)11(16(14)8-6-13)12(17)15-7-4-5-10(15)3/h6,8-11H,4-5,7,13-14H2,1-3H3/b8-6-. The maximum absolute atomic E-state index is 12.4. The molecule has 2 unspecified atom stereocenters. The van der Waals surface area contributed by atoms with Gasteiger partial charge in [-0.3, -0.25) is 4.79 Å². The number of amides is 1. The highest BCUT2D eigenvalue weighted by Crippen LogP contribution is 2.21. The van der Waals surface area contributed by atoms with E-state index in [1.807, 2.05) is 18.7 Å². The van der Waals surface area contributed by atoms with E-state index in [4.69, 9.17) is 11.6 Å². The van der Waals surface area contributed by atoms with Crippen LogP contribution in [0, 0.1) is 5.92 Å². The summed E-state index contributed by atoms with van der Waals surface area (Å²) in [5.41, 5.74) is 5.32. The van der Waals surface area contributed by atoms with E-state index in [0.717, 1.165) is 19.4 Å². The topological polar surface area (TPSA) is 75.6 Å². The minimum absolute atomic E-state index is 0.102. The number of nitrogens with two attached hydrogens (primary N) is 2. The number of hydrogen-bond acceptors (Lipinski definition) is 4. The SMILES string of the molecule is CC(C)C(C(=O)N1CCCC1C)N(N)/C=C\N. The van der Waals surface area contributed by atoms with Gasteiger partial charge in [-0.1, -0.05) is 13.8 Å². The van der Waals surface area contributed by atoms with Gasteiger partial charge < -0.3 is 15.6 Å². The molecule has 0 aromatic carbocycles. The smallest absolute Gasteiger partial charge is 0.247 e. The first-order chi connectivity index (χ1) is 7.99. The van der Waals surface area contributed by atoms with Gasteiger partial charge in [-0.2, -0.15) is 0 Å². The van der Waals surface area contributed by atoms with Crippen molar-refractivity contribution in [1.82, 2.24) is 9.91 Å². The van der Waals surface area contributed by atoms with Gasteiger partial charge in [-0.05, 0) is 25.7 Å². The van der Waals surface area contributed by atoms with Crippen molar-refractivity contribution in [2.45, 2.75) is 45.7 Å². The molecule has 4 N–H and O–H groups in total. The number of carbonyl (C=O) groups excluding carboxylic acids is 1. The zero-order chi connectivity index (χ0) is 13.0. The summed E-state index contributed by atoms with van der Waals surface area (Å²) in [6, 6.07) is -0.0191. The molecule has 0 aromatic heterocycles. The highest BCUT2D eigenvalue weighted by atomic mass is 16.2. The molecule has 5 nitrogen and oxygen atoms in total. The third kappa shape index (κ3) is 3.12. The number of hydrazine groups is 1. The number of likely N-dealkylation sites (tertiary alicyclic amines) is 1. The molecule has 0 spiro atoms. The summed E-state index contributed by atoms with van der Waals surface area (Å²) in [5, 5.41) is 1.41. The van der Waals surface area contributed by atoms with E-state index in [2.05, 4.69) is 6.92 Å². The molecule has 1 heterocycles. The highest BCUT2D eigenvalue weighted by molar-refractivity contribution is 5.82. The van der Waals surface area contributed by atoms with Gasteiger partial charge in [0, 0.05) is 25.0 Å². The van der Waals surface area contributed by atoms with Crippen molar-refractivity contribution in [3.05, 3.63) is 12.4 Å². The lowest BCUT2D eigenvalue weighted by atomic mass is 10.0. The maximum atomic E-state index is 12.4. The van der Waals surface area contributed by atoms with Crippen molar-refractivity contribution in [1.29, 1.82) is 0 Å². The Morgan fingerprint density at radius 2 is 2.18 bits per heavy atom. The van der Waals surface area contributed by atoms with Crippen molar-refractivity contribution in [3.8, 4) is 0 Å². The average molecular weight is 240 g/mol. The van der Waals surface area contributed by atoms with E-state index < -0.39 is 0 Å².